The predicted octanol–water partition coefficient (Wildman–Crippen LogP) is 3.31. The van der Waals surface area contributed by atoms with Gasteiger partial charge in [0, 0.05) is 12.1 Å². The number of aryl methyl sites for hydroxylation is 1. The average molecular weight is 289 g/mol. The van der Waals surface area contributed by atoms with Gasteiger partial charge in [-0.2, -0.15) is 0 Å². The van der Waals surface area contributed by atoms with E-state index in [9.17, 15) is 5.11 Å². The third-order valence-corrected chi connectivity index (χ3v) is 4.95. The van der Waals surface area contributed by atoms with Gasteiger partial charge >= 0.3 is 0 Å². The van der Waals surface area contributed by atoms with Crippen LogP contribution in [-0.4, -0.2) is 35.7 Å². The number of hydrogen-bond acceptors (Lipinski definition) is 3. The van der Waals surface area contributed by atoms with E-state index in [2.05, 4.69) is 24.0 Å². The lowest BCUT2D eigenvalue weighted by molar-refractivity contribution is 0.0302. The van der Waals surface area contributed by atoms with Crippen molar-refractivity contribution < 1.29 is 9.84 Å². The standard InChI is InChI=1S/C18H27NO2/c1-3-4-11-19(14-6-7-14)17-10-5-13-12-15(21-2)8-9-16(13)18(17)20/h8-9,12,14,17-18,20H,3-7,10-11H2,1-2H3. The second-order valence-electron chi connectivity index (χ2n) is 6.44. The molecule has 0 amide bonds. The number of ether oxygens (including phenoxy) is 1. The molecule has 0 spiro atoms. The Kier molecular flexibility index (Phi) is 4.51. The van der Waals surface area contributed by atoms with Gasteiger partial charge < -0.3 is 9.84 Å². The maximum Gasteiger partial charge on any atom is 0.119 e. The molecule has 1 aromatic rings. The molecule has 0 aliphatic heterocycles. The van der Waals surface area contributed by atoms with Crippen molar-refractivity contribution in [2.75, 3.05) is 13.7 Å². The molecule has 1 saturated carbocycles. The van der Waals surface area contributed by atoms with Gasteiger partial charge in [0.1, 0.15) is 5.75 Å². The quantitative estimate of drug-likeness (QED) is 0.872. The molecule has 0 aromatic heterocycles. The molecule has 2 aliphatic rings. The van der Waals surface area contributed by atoms with Crippen LogP contribution >= 0.6 is 0 Å². The molecular weight excluding hydrogens is 262 g/mol. The molecule has 0 bridgehead atoms. The highest BCUT2D eigenvalue weighted by atomic mass is 16.5. The van der Waals surface area contributed by atoms with Gasteiger partial charge in [-0.1, -0.05) is 19.4 Å². The number of unbranched alkanes of at least 4 members (excludes halogenated alkanes) is 1. The van der Waals surface area contributed by atoms with Crippen LogP contribution in [0.5, 0.6) is 5.75 Å². The first-order valence-corrected chi connectivity index (χ1v) is 8.35. The summed E-state index contributed by atoms with van der Waals surface area (Å²) in [5.41, 5.74) is 2.36. The number of benzene rings is 1. The Morgan fingerprint density at radius 3 is 2.76 bits per heavy atom. The maximum atomic E-state index is 10.8. The summed E-state index contributed by atoms with van der Waals surface area (Å²) in [6.45, 7) is 3.37. The van der Waals surface area contributed by atoms with Crippen molar-refractivity contribution >= 4 is 0 Å². The largest absolute Gasteiger partial charge is 0.497 e. The van der Waals surface area contributed by atoms with Crippen LogP contribution in [0.4, 0.5) is 0 Å². The van der Waals surface area contributed by atoms with Gasteiger partial charge in [0.15, 0.2) is 0 Å². The third-order valence-electron chi connectivity index (χ3n) is 4.95. The highest BCUT2D eigenvalue weighted by Gasteiger charge is 2.39. The van der Waals surface area contributed by atoms with Gasteiger partial charge in [-0.3, -0.25) is 4.90 Å². The Bertz CT molecular complexity index is 484. The van der Waals surface area contributed by atoms with Gasteiger partial charge in [-0.25, -0.2) is 0 Å². The SMILES string of the molecule is CCCCN(C1CC1)C1CCc2cc(OC)ccc2C1O. The average Bonchev–Trinajstić information content (AvgIpc) is 3.34. The van der Waals surface area contributed by atoms with Gasteiger partial charge in [0.25, 0.3) is 0 Å². The monoisotopic (exact) mass is 289 g/mol. The Morgan fingerprint density at radius 1 is 1.29 bits per heavy atom. The summed E-state index contributed by atoms with van der Waals surface area (Å²) < 4.78 is 5.30. The van der Waals surface area contributed by atoms with E-state index in [1.165, 1.54) is 31.2 Å². The van der Waals surface area contributed by atoms with Crippen LogP contribution in [0.2, 0.25) is 0 Å². The van der Waals surface area contributed by atoms with E-state index in [-0.39, 0.29) is 6.10 Å². The summed E-state index contributed by atoms with van der Waals surface area (Å²) in [7, 11) is 1.70. The minimum Gasteiger partial charge on any atom is -0.497 e. The summed E-state index contributed by atoms with van der Waals surface area (Å²) in [5, 5.41) is 10.8. The lowest BCUT2D eigenvalue weighted by Gasteiger charge is -2.39. The van der Waals surface area contributed by atoms with Crippen molar-refractivity contribution in [2.24, 2.45) is 0 Å². The number of nitrogens with zero attached hydrogens (tertiary/aromatic N) is 1. The van der Waals surface area contributed by atoms with Crippen LogP contribution in [0.3, 0.4) is 0 Å². The Balaban J connectivity index is 1.78. The third kappa shape index (κ3) is 3.09. The van der Waals surface area contributed by atoms with Gasteiger partial charge in [0.05, 0.1) is 13.2 Å². The first-order valence-electron chi connectivity index (χ1n) is 8.35. The zero-order valence-corrected chi connectivity index (χ0v) is 13.2. The number of rotatable bonds is 6. The van der Waals surface area contributed by atoms with E-state index < -0.39 is 0 Å². The predicted molar refractivity (Wildman–Crippen MR) is 84.7 cm³/mol. The minimum atomic E-state index is -0.350. The highest BCUT2D eigenvalue weighted by molar-refractivity contribution is 5.39. The van der Waals surface area contributed by atoms with Crippen LogP contribution in [-0.2, 0) is 6.42 Å². The second-order valence-corrected chi connectivity index (χ2v) is 6.44. The van der Waals surface area contributed by atoms with Crippen molar-refractivity contribution in [3.05, 3.63) is 29.3 Å². The van der Waals surface area contributed by atoms with Gasteiger partial charge in [0.2, 0.25) is 0 Å². The molecule has 1 N–H and O–H groups in total. The summed E-state index contributed by atoms with van der Waals surface area (Å²) in [6, 6.07) is 7.12. The molecule has 116 valence electrons. The van der Waals surface area contributed by atoms with E-state index in [1.54, 1.807) is 7.11 Å². The van der Waals surface area contributed by atoms with Crippen LogP contribution in [0.15, 0.2) is 18.2 Å². The number of fused-ring (bicyclic) bond motifs is 1. The fourth-order valence-electron chi connectivity index (χ4n) is 3.60. The normalized spacial score (nSPS) is 25.0. The van der Waals surface area contributed by atoms with E-state index >= 15 is 0 Å². The van der Waals surface area contributed by atoms with Crippen LogP contribution in [0.1, 0.15) is 56.3 Å². The summed E-state index contributed by atoms with van der Waals surface area (Å²) in [4.78, 5) is 2.58. The zero-order valence-electron chi connectivity index (χ0n) is 13.2. The van der Waals surface area contributed by atoms with E-state index in [0.29, 0.717) is 6.04 Å². The molecular formula is C18H27NO2. The first-order chi connectivity index (χ1) is 10.2. The summed E-state index contributed by atoms with van der Waals surface area (Å²) in [5.74, 6) is 0.893. The lowest BCUT2D eigenvalue weighted by atomic mass is 9.84. The van der Waals surface area contributed by atoms with Crippen molar-refractivity contribution in [3.63, 3.8) is 0 Å². The molecule has 21 heavy (non-hydrogen) atoms. The molecule has 3 nitrogen and oxygen atoms in total. The van der Waals surface area contributed by atoms with E-state index in [0.717, 1.165) is 36.7 Å². The molecule has 3 rings (SSSR count). The van der Waals surface area contributed by atoms with Crippen LogP contribution in [0, 0.1) is 0 Å². The molecule has 2 unspecified atom stereocenters. The highest BCUT2D eigenvalue weighted by Crippen LogP contribution is 2.39. The number of aliphatic hydroxyl groups is 1. The number of aliphatic hydroxyl groups excluding tert-OH is 1. The molecule has 2 aliphatic carbocycles. The first kappa shape index (κ1) is 14.9. The van der Waals surface area contributed by atoms with Gasteiger partial charge in [-0.05, 0) is 61.9 Å². The lowest BCUT2D eigenvalue weighted by Crippen LogP contribution is -2.44. The molecule has 1 aromatic carbocycles. The molecule has 1 fully saturated rings. The zero-order chi connectivity index (χ0) is 14.8. The Morgan fingerprint density at radius 2 is 2.10 bits per heavy atom. The fourth-order valence-corrected chi connectivity index (χ4v) is 3.60. The topological polar surface area (TPSA) is 32.7 Å². The maximum absolute atomic E-state index is 10.8. The molecule has 2 atom stereocenters. The fraction of sp³-hybridized carbons (Fsp3) is 0.667. The molecule has 0 radical (unpaired) electrons. The van der Waals surface area contributed by atoms with Gasteiger partial charge in [-0.15, -0.1) is 0 Å². The summed E-state index contributed by atoms with van der Waals surface area (Å²) >= 11 is 0. The molecule has 3 heteroatoms. The van der Waals surface area contributed by atoms with Crippen molar-refractivity contribution in [2.45, 2.75) is 63.6 Å². The van der Waals surface area contributed by atoms with E-state index in [1.807, 2.05) is 6.07 Å². The number of hydrogen-bond donors (Lipinski definition) is 1. The van der Waals surface area contributed by atoms with Crippen molar-refractivity contribution in [1.82, 2.24) is 4.90 Å². The summed E-state index contributed by atoms with van der Waals surface area (Å²) in [6.07, 6.45) is 6.82. The number of methoxy groups -OCH3 is 1. The van der Waals surface area contributed by atoms with Crippen LogP contribution in [0.25, 0.3) is 0 Å². The van der Waals surface area contributed by atoms with Crippen molar-refractivity contribution in [1.29, 1.82) is 0 Å². The molecule has 0 heterocycles. The van der Waals surface area contributed by atoms with Crippen LogP contribution < -0.4 is 4.74 Å². The smallest absolute Gasteiger partial charge is 0.119 e. The second kappa shape index (κ2) is 6.37. The van der Waals surface area contributed by atoms with Crippen molar-refractivity contribution in [3.8, 4) is 5.75 Å². The van der Waals surface area contributed by atoms with E-state index in [4.69, 9.17) is 4.74 Å². The Labute approximate surface area is 127 Å². The Hall–Kier alpha value is -1.06. The molecule has 0 saturated heterocycles. The minimum absolute atomic E-state index is 0.296.